The second-order valence-corrected chi connectivity index (χ2v) is 6.77. The van der Waals surface area contributed by atoms with Crippen LogP contribution in [0, 0.1) is 0 Å². The molecule has 0 saturated heterocycles. The van der Waals surface area contributed by atoms with E-state index >= 15 is 0 Å². The van der Waals surface area contributed by atoms with Crippen LogP contribution in [0.15, 0.2) is 42.5 Å². The fraction of sp³-hybridized carbons (Fsp3) is 0.409. The molecule has 156 valence electrons. The predicted molar refractivity (Wildman–Crippen MR) is 113 cm³/mol. The van der Waals surface area contributed by atoms with E-state index in [-0.39, 0.29) is 6.61 Å². The number of aliphatic hydroxyl groups excluding tert-OH is 1. The summed E-state index contributed by atoms with van der Waals surface area (Å²) < 4.78 is 16.8. The Morgan fingerprint density at radius 3 is 2.66 bits per heavy atom. The highest BCUT2D eigenvalue weighted by molar-refractivity contribution is 5.87. The zero-order valence-corrected chi connectivity index (χ0v) is 17.0. The summed E-state index contributed by atoms with van der Waals surface area (Å²) in [5, 5.41) is 21.8. The third kappa shape index (κ3) is 5.62. The Hall–Kier alpha value is -2.77. The van der Waals surface area contributed by atoms with Crippen molar-refractivity contribution < 1.29 is 19.3 Å². The van der Waals surface area contributed by atoms with Crippen molar-refractivity contribution in [3.8, 4) is 17.2 Å². The molecule has 0 radical (unpaired) electrons. The molecule has 0 bridgehead atoms. The number of fused-ring (bicyclic) bond motifs is 1. The minimum Gasteiger partial charge on any atom is -0.493 e. The van der Waals surface area contributed by atoms with Crippen LogP contribution < -0.4 is 19.5 Å². The summed E-state index contributed by atoms with van der Waals surface area (Å²) in [6, 6.07) is 13.3. The molecule has 0 spiro atoms. The molecule has 29 heavy (non-hydrogen) atoms. The molecule has 0 aliphatic heterocycles. The lowest BCUT2D eigenvalue weighted by atomic mass is 10.1. The molecule has 3 aromatic rings. The molecule has 3 rings (SSSR count). The topological polar surface area (TPSA) is 88.6 Å². The van der Waals surface area contributed by atoms with Gasteiger partial charge in [0.25, 0.3) is 0 Å². The number of hydrogen-bond donors (Lipinski definition) is 3. The van der Waals surface area contributed by atoms with Gasteiger partial charge in [0.15, 0.2) is 11.5 Å². The second-order valence-electron chi connectivity index (χ2n) is 6.77. The van der Waals surface area contributed by atoms with Crippen molar-refractivity contribution in [2.45, 2.75) is 25.9 Å². The molecule has 0 aliphatic carbocycles. The summed E-state index contributed by atoms with van der Waals surface area (Å²) in [7, 11) is 1.62. The highest BCUT2D eigenvalue weighted by Crippen LogP contribution is 2.28. The van der Waals surface area contributed by atoms with Crippen molar-refractivity contribution in [2.24, 2.45) is 0 Å². The van der Waals surface area contributed by atoms with Crippen LogP contribution in [0.4, 0.5) is 0 Å². The third-order valence-corrected chi connectivity index (χ3v) is 4.53. The fourth-order valence-corrected chi connectivity index (χ4v) is 3.13. The number of nitrogens with zero attached hydrogens (tertiary/aromatic N) is 1. The van der Waals surface area contributed by atoms with E-state index in [0.717, 1.165) is 35.2 Å². The Morgan fingerprint density at radius 1 is 1.07 bits per heavy atom. The minimum atomic E-state index is -0.627. The van der Waals surface area contributed by atoms with Gasteiger partial charge in [0, 0.05) is 13.1 Å². The van der Waals surface area contributed by atoms with Crippen LogP contribution in [0.2, 0.25) is 0 Å². The van der Waals surface area contributed by atoms with Crippen molar-refractivity contribution in [1.82, 2.24) is 15.5 Å². The first-order valence-electron chi connectivity index (χ1n) is 9.96. The Kier molecular flexibility index (Phi) is 7.72. The van der Waals surface area contributed by atoms with Crippen LogP contribution in [0.5, 0.6) is 17.2 Å². The number of aromatic amines is 1. The molecule has 1 aromatic heterocycles. The number of aryl methyl sites for hydroxylation is 1. The number of aliphatic hydroxyl groups is 1. The van der Waals surface area contributed by atoms with Crippen molar-refractivity contribution >= 4 is 10.9 Å². The lowest BCUT2D eigenvalue weighted by molar-refractivity contribution is 0.106. The molecule has 7 nitrogen and oxygen atoms in total. The van der Waals surface area contributed by atoms with E-state index in [4.69, 9.17) is 14.2 Å². The number of para-hydroxylation sites is 2. The molecule has 2 aromatic carbocycles. The highest BCUT2D eigenvalue weighted by atomic mass is 16.5. The summed E-state index contributed by atoms with van der Waals surface area (Å²) in [6.07, 6.45) is 1.27. The first-order chi connectivity index (χ1) is 14.2. The SMILES string of the molecule is CCCc1n[nH]c2cccc(OC[C@@H](O)CNCCOc3ccccc3OC)c12. The van der Waals surface area contributed by atoms with Gasteiger partial charge >= 0.3 is 0 Å². The summed E-state index contributed by atoms with van der Waals surface area (Å²) >= 11 is 0. The zero-order chi connectivity index (χ0) is 20.5. The van der Waals surface area contributed by atoms with Crippen LogP contribution in [0.25, 0.3) is 10.9 Å². The average molecular weight is 399 g/mol. The lowest BCUT2D eigenvalue weighted by Crippen LogP contribution is -2.33. The molecule has 1 heterocycles. The van der Waals surface area contributed by atoms with Gasteiger partial charge in [0.1, 0.15) is 25.1 Å². The number of hydrogen-bond acceptors (Lipinski definition) is 6. The lowest BCUT2D eigenvalue weighted by Gasteiger charge is -2.15. The van der Waals surface area contributed by atoms with Gasteiger partial charge in [-0.1, -0.05) is 31.5 Å². The van der Waals surface area contributed by atoms with Crippen molar-refractivity contribution in [1.29, 1.82) is 0 Å². The highest BCUT2D eigenvalue weighted by Gasteiger charge is 2.12. The Balaban J connectivity index is 1.42. The quantitative estimate of drug-likeness (QED) is 0.406. The average Bonchev–Trinajstić information content (AvgIpc) is 3.16. The van der Waals surface area contributed by atoms with E-state index in [1.165, 1.54) is 0 Å². The van der Waals surface area contributed by atoms with E-state index in [0.29, 0.717) is 31.2 Å². The van der Waals surface area contributed by atoms with Gasteiger partial charge in [-0.2, -0.15) is 5.10 Å². The maximum absolute atomic E-state index is 10.2. The van der Waals surface area contributed by atoms with Gasteiger partial charge in [-0.05, 0) is 30.7 Å². The minimum absolute atomic E-state index is 0.205. The van der Waals surface area contributed by atoms with Crippen LogP contribution in [-0.4, -0.2) is 54.8 Å². The number of H-pyrrole nitrogens is 1. The van der Waals surface area contributed by atoms with E-state index in [1.807, 2.05) is 42.5 Å². The molecule has 0 saturated carbocycles. The molecule has 0 fully saturated rings. The van der Waals surface area contributed by atoms with Gasteiger partial charge in [-0.25, -0.2) is 0 Å². The van der Waals surface area contributed by atoms with Crippen LogP contribution >= 0.6 is 0 Å². The molecular formula is C22H29N3O4. The summed E-state index contributed by atoms with van der Waals surface area (Å²) in [6.45, 7) is 3.82. The van der Waals surface area contributed by atoms with Gasteiger partial charge in [0.05, 0.1) is 23.7 Å². The maximum Gasteiger partial charge on any atom is 0.161 e. The van der Waals surface area contributed by atoms with Gasteiger partial charge in [0.2, 0.25) is 0 Å². The van der Waals surface area contributed by atoms with Crippen molar-refractivity contribution in [2.75, 3.05) is 33.4 Å². The summed E-state index contributed by atoms with van der Waals surface area (Å²) in [5.41, 5.74) is 1.95. The number of aromatic nitrogens is 2. The number of nitrogens with one attached hydrogen (secondary N) is 2. The molecular weight excluding hydrogens is 370 g/mol. The van der Waals surface area contributed by atoms with E-state index in [9.17, 15) is 5.11 Å². The van der Waals surface area contributed by atoms with Crippen LogP contribution in [0.3, 0.4) is 0 Å². The first-order valence-corrected chi connectivity index (χ1v) is 9.96. The summed E-state index contributed by atoms with van der Waals surface area (Å²) in [5.74, 6) is 2.16. The Labute approximate surface area is 171 Å². The number of ether oxygens (including phenoxy) is 3. The molecule has 3 N–H and O–H groups in total. The Morgan fingerprint density at radius 2 is 1.86 bits per heavy atom. The van der Waals surface area contributed by atoms with Gasteiger partial charge < -0.3 is 24.6 Å². The normalized spacial score (nSPS) is 12.1. The molecule has 7 heteroatoms. The monoisotopic (exact) mass is 399 g/mol. The molecule has 0 aliphatic rings. The predicted octanol–water partition coefficient (Wildman–Crippen LogP) is 2.93. The smallest absolute Gasteiger partial charge is 0.161 e. The number of rotatable bonds is 12. The molecule has 0 amide bonds. The fourth-order valence-electron chi connectivity index (χ4n) is 3.13. The van der Waals surface area contributed by atoms with Crippen molar-refractivity contribution in [3.63, 3.8) is 0 Å². The van der Waals surface area contributed by atoms with Gasteiger partial charge in [-0.3, -0.25) is 5.10 Å². The second kappa shape index (κ2) is 10.7. The number of methoxy groups -OCH3 is 1. The third-order valence-electron chi connectivity index (χ3n) is 4.53. The van der Waals surface area contributed by atoms with E-state index in [1.54, 1.807) is 7.11 Å². The van der Waals surface area contributed by atoms with Crippen LogP contribution in [0.1, 0.15) is 19.0 Å². The molecule has 0 unspecified atom stereocenters. The van der Waals surface area contributed by atoms with E-state index < -0.39 is 6.10 Å². The zero-order valence-electron chi connectivity index (χ0n) is 17.0. The van der Waals surface area contributed by atoms with Crippen molar-refractivity contribution in [3.05, 3.63) is 48.2 Å². The Bertz CT molecular complexity index is 897. The summed E-state index contributed by atoms with van der Waals surface area (Å²) in [4.78, 5) is 0. The number of benzene rings is 2. The van der Waals surface area contributed by atoms with E-state index in [2.05, 4.69) is 22.4 Å². The van der Waals surface area contributed by atoms with Gasteiger partial charge in [-0.15, -0.1) is 0 Å². The standard InChI is InChI=1S/C22H29N3O4/c1-3-7-17-22-18(25-24-17)8-6-11-21(22)29-15-16(26)14-23-12-13-28-20-10-5-4-9-19(20)27-2/h4-6,8-11,16,23,26H,3,7,12-15H2,1-2H3,(H,24,25)/t16-/m0/s1. The first kappa shape index (κ1) is 21.0. The maximum atomic E-state index is 10.2. The molecule has 1 atom stereocenters. The van der Waals surface area contributed by atoms with Crippen LogP contribution in [-0.2, 0) is 6.42 Å². The largest absolute Gasteiger partial charge is 0.493 e.